The molecule has 0 aromatic carbocycles. The first-order chi connectivity index (χ1) is 34.0. The predicted octanol–water partition coefficient (Wildman–Crippen LogP) is 19.5. The van der Waals surface area contributed by atoms with Crippen LogP contribution in [-0.4, -0.2) is 37.2 Å². The van der Waals surface area contributed by atoms with E-state index in [1.54, 1.807) is 0 Å². The molecule has 0 bridgehead atoms. The SMILES string of the molecule is CC/C=C/C/C=C/C/C=C/CCCCCCCCCCCC(=O)OCC(COC(=O)CC/C=C/C/C=C/CCCCCCCC)OC(=O)CCCCCCCCCCCC/C=C/C=C/CCCCC. The highest BCUT2D eigenvalue weighted by molar-refractivity contribution is 5.71. The van der Waals surface area contributed by atoms with Gasteiger partial charge in [-0.25, -0.2) is 0 Å². The third-order valence-corrected chi connectivity index (χ3v) is 12.4. The summed E-state index contributed by atoms with van der Waals surface area (Å²) < 4.78 is 16.8. The average Bonchev–Trinajstić information content (AvgIpc) is 3.35. The van der Waals surface area contributed by atoms with Crippen LogP contribution in [0.2, 0.25) is 0 Å². The summed E-state index contributed by atoms with van der Waals surface area (Å²) in [6, 6.07) is 0. The maximum Gasteiger partial charge on any atom is 0.306 e. The molecule has 0 aliphatic heterocycles. The Morgan fingerprint density at radius 3 is 1.09 bits per heavy atom. The van der Waals surface area contributed by atoms with Crippen LogP contribution in [0.5, 0.6) is 0 Å². The predicted molar refractivity (Wildman–Crippen MR) is 297 cm³/mol. The molecule has 0 saturated heterocycles. The molecule has 0 amide bonds. The number of carbonyl (C=O) groups excluding carboxylic acids is 3. The monoisotopic (exact) mass is 961 g/mol. The maximum atomic E-state index is 12.9. The molecular weight excluding hydrogens is 853 g/mol. The van der Waals surface area contributed by atoms with Gasteiger partial charge in [-0.3, -0.25) is 14.4 Å². The first-order valence-electron chi connectivity index (χ1n) is 29.1. The molecule has 0 heterocycles. The maximum absolute atomic E-state index is 12.9. The highest BCUT2D eigenvalue weighted by Crippen LogP contribution is 2.15. The minimum atomic E-state index is -0.804. The van der Waals surface area contributed by atoms with Gasteiger partial charge >= 0.3 is 17.9 Å². The highest BCUT2D eigenvalue weighted by Gasteiger charge is 2.19. The molecule has 0 saturated carbocycles. The van der Waals surface area contributed by atoms with Crippen LogP contribution in [0, 0.1) is 0 Å². The van der Waals surface area contributed by atoms with Crippen molar-refractivity contribution in [2.75, 3.05) is 13.2 Å². The van der Waals surface area contributed by atoms with Crippen LogP contribution >= 0.6 is 0 Å². The zero-order valence-electron chi connectivity index (χ0n) is 45.3. The van der Waals surface area contributed by atoms with Crippen molar-refractivity contribution in [3.8, 4) is 0 Å². The lowest BCUT2D eigenvalue weighted by molar-refractivity contribution is -0.166. The fourth-order valence-electron chi connectivity index (χ4n) is 8.03. The standard InChI is InChI=1S/C63H108O6/c1-4-7-10-13-16-19-22-25-27-29-31-33-35-38-41-44-47-50-53-56-62(65)68-59-60(58-67-61(64)55-52-49-46-43-40-37-24-21-18-15-12-9-6-3)69-63(66)57-54-51-48-45-42-39-36-34-32-30-28-26-23-20-17-14-11-8-5-2/h7,10,16-17,19-20,23,25-27,37,40,46,49,60H,4-6,8-9,11-15,18,21-22,24,28-36,38-39,41-45,47-48,50-59H2,1-3H3/b10-7+,19-16+,20-17+,26-23+,27-25+,40-37+,49-46+. The lowest BCUT2D eigenvalue weighted by Crippen LogP contribution is -2.30. The Morgan fingerprint density at radius 1 is 0.319 bits per heavy atom. The second-order valence-corrected chi connectivity index (χ2v) is 19.2. The van der Waals surface area contributed by atoms with Gasteiger partial charge in [0.25, 0.3) is 0 Å². The van der Waals surface area contributed by atoms with E-state index in [1.165, 1.54) is 161 Å². The number of hydrogen-bond donors (Lipinski definition) is 0. The molecule has 396 valence electrons. The van der Waals surface area contributed by atoms with Crippen LogP contribution in [0.3, 0.4) is 0 Å². The smallest absolute Gasteiger partial charge is 0.306 e. The molecule has 0 spiro atoms. The number of ether oxygens (including phenoxy) is 3. The molecule has 6 heteroatoms. The molecule has 1 unspecified atom stereocenters. The fraction of sp³-hybridized carbons (Fsp3) is 0.730. The summed E-state index contributed by atoms with van der Waals surface area (Å²) >= 11 is 0. The van der Waals surface area contributed by atoms with Crippen LogP contribution < -0.4 is 0 Å². The minimum Gasteiger partial charge on any atom is -0.462 e. The molecule has 0 aliphatic rings. The van der Waals surface area contributed by atoms with Crippen molar-refractivity contribution in [2.24, 2.45) is 0 Å². The van der Waals surface area contributed by atoms with Crippen molar-refractivity contribution < 1.29 is 28.6 Å². The molecule has 0 aromatic rings. The van der Waals surface area contributed by atoms with Crippen molar-refractivity contribution in [2.45, 2.75) is 284 Å². The van der Waals surface area contributed by atoms with E-state index in [4.69, 9.17) is 14.2 Å². The van der Waals surface area contributed by atoms with Crippen molar-refractivity contribution >= 4 is 17.9 Å². The quantitative estimate of drug-likeness (QED) is 0.0199. The zero-order chi connectivity index (χ0) is 50.0. The second kappa shape index (κ2) is 57.2. The van der Waals surface area contributed by atoms with Gasteiger partial charge < -0.3 is 14.2 Å². The Balaban J connectivity index is 4.41. The number of rotatable bonds is 52. The van der Waals surface area contributed by atoms with Gasteiger partial charge in [-0.2, -0.15) is 0 Å². The first-order valence-corrected chi connectivity index (χ1v) is 29.1. The van der Waals surface area contributed by atoms with Crippen molar-refractivity contribution in [1.29, 1.82) is 0 Å². The molecule has 0 radical (unpaired) electrons. The van der Waals surface area contributed by atoms with Crippen LogP contribution in [0.15, 0.2) is 85.1 Å². The van der Waals surface area contributed by atoms with Crippen molar-refractivity contribution in [1.82, 2.24) is 0 Å². The summed E-state index contributed by atoms with van der Waals surface area (Å²) in [7, 11) is 0. The first kappa shape index (κ1) is 65.6. The van der Waals surface area contributed by atoms with Crippen LogP contribution in [0.25, 0.3) is 0 Å². The summed E-state index contributed by atoms with van der Waals surface area (Å²) in [5.41, 5.74) is 0. The van der Waals surface area contributed by atoms with Gasteiger partial charge in [-0.1, -0.05) is 247 Å². The topological polar surface area (TPSA) is 78.9 Å². The Morgan fingerprint density at radius 2 is 0.638 bits per heavy atom. The lowest BCUT2D eigenvalue weighted by atomic mass is 10.1. The van der Waals surface area contributed by atoms with Crippen molar-refractivity contribution in [3.63, 3.8) is 0 Å². The molecule has 0 aromatic heterocycles. The van der Waals surface area contributed by atoms with Gasteiger partial charge in [0.05, 0.1) is 0 Å². The third kappa shape index (κ3) is 55.4. The molecular formula is C63H108O6. The Labute approximate surface area is 426 Å². The van der Waals surface area contributed by atoms with E-state index >= 15 is 0 Å². The van der Waals surface area contributed by atoms with Gasteiger partial charge in [0, 0.05) is 19.3 Å². The molecule has 0 aliphatic carbocycles. The van der Waals surface area contributed by atoms with Crippen LogP contribution in [0.4, 0.5) is 0 Å². The summed E-state index contributed by atoms with van der Waals surface area (Å²) in [6.07, 6.45) is 74.4. The van der Waals surface area contributed by atoms with Crippen LogP contribution in [0.1, 0.15) is 278 Å². The van der Waals surface area contributed by atoms with E-state index in [9.17, 15) is 14.4 Å². The fourth-order valence-corrected chi connectivity index (χ4v) is 8.03. The van der Waals surface area contributed by atoms with Gasteiger partial charge in [0.2, 0.25) is 0 Å². The third-order valence-electron chi connectivity index (χ3n) is 12.4. The number of unbranched alkanes of at least 4 members (excludes halogenated alkanes) is 28. The summed E-state index contributed by atoms with van der Waals surface area (Å²) in [4.78, 5) is 38.1. The van der Waals surface area contributed by atoms with E-state index in [0.29, 0.717) is 19.3 Å². The van der Waals surface area contributed by atoms with Crippen LogP contribution in [-0.2, 0) is 28.6 Å². The molecule has 0 N–H and O–H groups in total. The minimum absolute atomic E-state index is 0.0974. The molecule has 0 fully saturated rings. The Kier molecular flexibility index (Phi) is 54.3. The zero-order valence-corrected chi connectivity index (χ0v) is 45.3. The van der Waals surface area contributed by atoms with Gasteiger partial charge in [0.15, 0.2) is 6.10 Å². The highest BCUT2D eigenvalue weighted by atomic mass is 16.6. The van der Waals surface area contributed by atoms with Gasteiger partial charge in [-0.05, 0) is 96.3 Å². The Hall–Kier alpha value is -3.41. The van der Waals surface area contributed by atoms with E-state index in [0.717, 1.165) is 70.6 Å². The second-order valence-electron chi connectivity index (χ2n) is 19.2. The number of carbonyl (C=O) groups is 3. The largest absolute Gasteiger partial charge is 0.462 e. The summed E-state index contributed by atoms with van der Waals surface area (Å²) in [5.74, 6) is -0.970. The number of hydrogen-bond acceptors (Lipinski definition) is 6. The lowest BCUT2D eigenvalue weighted by Gasteiger charge is -2.18. The van der Waals surface area contributed by atoms with E-state index < -0.39 is 6.10 Å². The Bertz CT molecular complexity index is 1330. The normalized spacial score (nSPS) is 12.7. The van der Waals surface area contributed by atoms with Gasteiger partial charge in [-0.15, -0.1) is 0 Å². The number of allylic oxidation sites excluding steroid dienone is 14. The van der Waals surface area contributed by atoms with E-state index in [1.807, 2.05) is 6.08 Å². The summed E-state index contributed by atoms with van der Waals surface area (Å²) in [5, 5.41) is 0. The number of esters is 3. The van der Waals surface area contributed by atoms with E-state index in [-0.39, 0.29) is 37.5 Å². The van der Waals surface area contributed by atoms with Crippen molar-refractivity contribution in [3.05, 3.63) is 85.1 Å². The van der Waals surface area contributed by atoms with E-state index in [2.05, 4.69) is 99.8 Å². The molecule has 69 heavy (non-hydrogen) atoms. The molecule has 1 atom stereocenters. The summed E-state index contributed by atoms with van der Waals surface area (Å²) in [6.45, 7) is 6.45. The van der Waals surface area contributed by atoms with Gasteiger partial charge in [0.1, 0.15) is 13.2 Å². The molecule has 0 rings (SSSR count). The average molecular weight is 962 g/mol. The molecule has 6 nitrogen and oxygen atoms in total.